The van der Waals surface area contributed by atoms with E-state index in [4.69, 9.17) is 14.2 Å². The molecule has 2 rings (SSSR count). The fraction of sp³-hybridized carbons (Fsp3) is 0.412. The summed E-state index contributed by atoms with van der Waals surface area (Å²) in [6.07, 6.45) is 3.47. The number of carbonyl (C=O) groups is 2. The maximum atomic E-state index is 12.3. The minimum absolute atomic E-state index is 0.273. The van der Waals surface area contributed by atoms with Crippen molar-refractivity contribution in [3.63, 3.8) is 0 Å². The number of allylic oxidation sites excluding steroid dienone is 1. The highest BCUT2D eigenvalue weighted by Gasteiger charge is 2.29. The summed E-state index contributed by atoms with van der Waals surface area (Å²) in [7, 11) is 2.82. The molecular formula is C17H20O5. The van der Waals surface area contributed by atoms with Crippen LogP contribution in [-0.2, 0) is 23.8 Å². The number of esters is 2. The van der Waals surface area contributed by atoms with E-state index in [-0.39, 0.29) is 11.9 Å². The molecule has 1 aromatic rings. The summed E-state index contributed by atoms with van der Waals surface area (Å²) >= 11 is 0. The molecule has 0 amide bonds. The molecule has 1 aliphatic rings. The molecule has 0 aliphatic heterocycles. The first-order chi connectivity index (χ1) is 10.7. The van der Waals surface area contributed by atoms with Crippen LogP contribution in [0, 0.1) is 5.92 Å². The second-order valence-electron chi connectivity index (χ2n) is 5.12. The van der Waals surface area contributed by atoms with Crippen LogP contribution in [0.25, 0.3) is 0 Å². The third-order valence-electron chi connectivity index (χ3n) is 3.64. The molecule has 0 saturated heterocycles. The molecule has 0 N–H and O–H groups in total. The molecule has 0 saturated carbocycles. The van der Waals surface area contributed by atoms with Crippen LogP contribution in [0.3, 0.4) is 0 Å². The predicted octanol–water partition coefficient (Wildman–Crippen LogP) is 2.43. The number of carbonyl (C=O) groups excluding carboxylic acids is 2. The van der Waals surface area contributed by atoms with Gasteiger partial charge in [0.25, 0.3) is 0 Å². The van der Waals surface area contributed by atoms with Crippen molar-refractivity contribution in [3.8, 4) is 0 Å². The van der Waals surface area contributed by atoms with E-state index in [1.54, 1.807) is 6.08 Å². The van der Waals surface area contributed by atoms with Gasteiger partial charge in [0.1, 0.15) is 6.10 Å². The molecule has 5 heteroatoms. The average Bonchev–Trinajstić information content (AvgIpc) is 2.56. The summed E-state index contributed by atoms with van der Waals surface area (Å²) in [6, 6.07) is 9.16. The minimum Gasteiger partial charge on any atom is -0.469 e. The van der Waals surface area contributed by atoms with Gasteiger partial charge in [0, 0.05) is 13.5 Å². The Morgan fingerprint density at radius 2 is 1.91 bits per heavy atom. The molecule has 0 unspecified atom stereocenters. The summed E-state index contributed by atoms with van der Waals surface area (Å²) in [5.41, 5.74) is 0.735. The lowest BCUT2D eigenvalue weighted by molar-refractivity contribution is -0.162. The normalized spacial score (nSPS) is 21.9. The van der Waals surface area contributed by atoms with E-state index in [1.807, 2.05) is 36.4 Å². The average molecular weight is 304 g/mol. The van der Waals surface area contributed by atoms with Crippen LogP contribution >= 0.6 is 0 Å². The molecule has 1 aromatic carbocycles. The van der Waals surface area contributed by atoms with Crippen molar-refractivity contribution < 1.29 is 23.8 Å². The van der Waals surface area contributed by atoms with Crippen LogP contribution in [0.5, 0.6) is 0 Å². The molecule has 0 aromatic heterocycles. The second kappa shape index (κ2) is 7.75. The van der Waals surface area contributed by atoms with Crippen molar-refractivity contribution in [3.05, 3.63) is 48.0 Å². The van der Waals surface area contributed by atoms with Crippen LogP contribution in [0.2, 0.25) is 0 Å². The van der Waals surface area contributed by atoms with E-state index < -0.39 is 18.2 Å². The molecule has 0 radical (unpaired) electrons. The first kappa shape index (κ1) is 16.2. The molecule has 0 bridgehead atoms. The molecule has 0 spiro atoms. The smallest absolute Gasteiger partial charge is 0.340 e. The number of rotatable bonds is 5. The van der Waals surface area contributed by atoms with Crippen molar-refractivity contribution in [1.29, 1.82) is 0 Å². The van der Waals surface area contributed by atoms with Crippen molar-refractivity contribution in [2.75, 3.05) is 14.2 Å². The van der Waals surface area contributed by atoms with Gasteiger partial charge in [-0.25, -0.2) is 4.79 Å². The van der Waals surface area contributed by atoms with Gasteiger partial charge in [0.15, 0.2) is 6.10 Å². The van der Waals surface area contributed by atoms with Gasteiger partial charge in [0.2, 0.25) is 0 Å². The lowest BCUT2D eigenvalue weighted by Gasteiger charge is -2.24. The quantitative estimate of drug-likeness (QED) is 0.617. The van der Waals surface area contributed by atoms with Crippen LogP contribution in [0.15, 0.2) is 42.5 Å². The fourth-order valence-electron chi connectivity index (χ4n) is 2.50. The molecular weight excluding hydrogens is 284 g/mol. The summed E-state index contributed by atoms with van der Waals surface area (Å²) in [5.74, 6) is -1.02. The second-order valence-corrected chi connectivity index (χ2v) is 5.12. The molecule has 3 atom stereocenters. The molecule has 118 valence electrons. The highest BCUT2D eigenvalue weighted by molar-refractivity contribution is 5.77. The Bertz CT molecular complexity index is 537. The molecule has 0 fully saturated rings. The molecule has 5 nitrogen and oxygen atoms in total. The first-order valence-electron chi connectivity index (χ1n) is 7.18. The Morgan fingerprint density at radius 3 is 2.55 bits per heavy atom. The maximum absolute atomic E-state index is 12.3. The lowest BCUT2D eigenvalue weighted by atomic mass is 9.92. The van der Waals surface area contributed by atoms with E-state index in [2.05, 4.69) is 0 Å². The van der Waals surface area contributed by atoms with Gasteiger partial charge in [-0.05, 0) is 18.1 Å². The lowest BCUT2D eigenvalue weighted by Crippen LogP contribution is -2.29. The zero-order valence-electron chi connectivity index (χ0n) is 12.7. The summed E-state index contributed by atoms with van der Waals surface area (Å²) < 4.78 is 15.5. The summed E-state index contributed by atoms with van der Waals surface area (Å²) in [6.45, 7) is 0. The summed E-state index contributed by atoms with van der Waals surface area (Å²) in [4.78, 5) is 23.9. The fourth-order valence-corrected chi connectivity index (χ4v) is 2.50. The van der Waals surface area contributed by atoms with Gasteiger partial charge in [-0.2, -0.15) is 0 Å². The Kier molecular flexibility index (Phi) is 5.72. The van der Waals surface area contributed by atoms with Gasteiger partial charge >= 0.3 is 11.9 Å². The Hall–Kier alpha value is -2.14. The molecule has 1 aliphatic carbocycles. The monoisotopic (exact) mass is 304 g/mol. The van der Waals surface area contributed by atoms with Gasteiger partial charge < -0.3 is 14.2 Å². The molecule has 0 heterocycles. The zero-order chi connectivity index (χ0) is 15.9. The van der Waals surface area contributed by atoms with E-state index in [9.17, 15) is 9.59 Å². The van der Waals surface area contributed by atoms with E-state index in [1.165, 1.54) is 14.2 Å². The van der Waals surface area contributed by atoms with E-state index in [0.717, 1.165) is 5.56 Å². The minimum atomic E-state index is -0.770. The highest BCUT2D eigenvalue weighted by atomic mass is 16.6. The van der Waals surface area contributed by atoms with Gasteiger partial charge in [0.05, 0.1) is 13.0 Å². The Labute approximate surface area is 129 Å². The van der Waals surface area contributed by atoms with Crippen LogP contribution in [-0.4, -0.2) is 32.3 Å². The largest absolute Gasteiger partial charge is 0.469 e. The topological polar surface area (TPSA) is 61.8 Å². The van der Waals surface area contributed by atoms with Gasteiger partial charge in [-0.3, -0.25) is 4.79 Å². The maximum Gasteiger partial charge on any atom is 0.340 e. The predicted molar refractivity (Wildman–Crippen MR) is 80.0 cm³/mol. The van der Waals surface area contributed by atoms with E-state index in [0.29, 0.717) is 12.8 Å². The third-order valence-corrected chi connectivity index (χ3v) is 3.64. The number of ether oxygens (including phenoxy) is 3. The zero-order valence-corrected chi connectivity index (χ0v) is 12.7. The number of benzene rings is 1. The molecule has 22 heavy (non-hydrogen) atoms. The third kappa shape index (κ3) is 3.95. The van der Waals surface area contributed by atoms with Crippen molar-refractivity contribution in [2.24, 2.45) is 5.92 Å². The number of methoxy groups -OCH3 is 2. The number of hydrogen-bond donors (Lipinski definition) is 0. The van der Waals surface area contributed by atoms with Crippen LogP contribution < -0.4 is 0 Å². The highest BCUT2D eigenvalue weighted by Crippen LogP contribution is 2.25. The Balaban J connectivity index is 2.00. The van der Waals surface area contributed by atoms with Crippen LogP contribution in [0.4, 0.5) is 0 Å². The van der Waals surface area contributed by atoms with Crippen molar-refractivity contribution in [1.82, 2.24) is 0 Å². The van der Waals surface area contributed by atoms with Gasteiger partial charge in [-0.15, -0.1) is 0 Å². The Morgan fingerprint density at radius 1 is 1.18 bits per heavy atom. The number of hydrogen-bond acceptors (Lipinski definition) is 5. The van der Waals surface area contributed by atoms with Crippen LogP contribution in [0.1, 0.15) is 24.5 Å². The van der Waals surface area contributed by atoms with Crippen molar-refractivity contribution >= 4 is 11.9 Å². The van der Waals surface area contributed by atoms with E-state index >= 15 is 0 Å². The van der Waals surface area contributed by atoms with Crippen molar-refractivity contribution in [2.45, 2.75) is 25.0 Å². The van der Waals surface area contributed by atoms with Gasteiger partial charge in [-0.1, -0.05) is 36.4 Å². The SMILES string of the molecule is COC(=O)[C@@H]1CC=C[C@H](OC(=O)[C@@H](OC)c2ccccc2)C1. The standard InChI is InChI=1S/C17H20O5/c1-20-15(12-7-4-3-5-8-12)17(19)22-14-10-6-9-13(11-14)16(18)21-2/h3-8,10,13-15H,9,11H2,1-2H3/t13-,14+,15+/m1/s1. The summed E-state index contributed by atoms with van der Waals surface area (Å²) in [5, 5.41) is 0. The first-order valence-corrected chi connectivity index (χ1v) is 7.18.